The second-order valence-corrected chi connectivity index (χ2v) is 5.13. The van der Waals surface area contributed by atoms with Gasteiger partial charge in [-0.1, -0.05) is 33.8 Å². The molecule has 120 valence electrons. The molecule has 1 aliphatic heterocycles. The second kappa shape index (κ2) is 7.89. The zero-order valence-electron chi connectivity index (χ0n) is 13.7. The van der Waals surface area contributed by atoms with Crippen LogP contribution >= 0.6 is 0 Å². The van der Waals surface area contributed by atoms with E-state index in [1.807, 2.05) is 32.2 Å². The van der Waals surface area contributed by atoms with Crippen LogP contribution in [0.4, 0.5) is 5.95 Å². The zero-order valence-corrected chi connectivity index (χ0v) is 13.7. The molecule has 0 radical (unpaired) electrons. The van der Waals surface area contributed by atoms with Gasteiger partial charge in [-0.3, -0.25) is 4.98 Å². The minimum Gasteiger partial charge on any atom is -0.378 e. The topological polar surface area (TPSA) is 64.3 Å². The van der Waals surface area contributed by atoms with Crippen molar-refractivity contribution in [2.24, 2.45) is 0 Å². The van der Waals surface area contributed by atoms with Crippen molar-refractivity contribution < 1.29 is 9.26 Å². The molecular formula is C16H24N4O2. The first kappa shape index (κ1) is 16.4. The van der Waals surface area contributed by atoms with Gasteiger partial charge in [0.1, 0.15) is 5.69 Å². The summed E-state index contributed by atoms with van der Waals surface area (Å²) in [6.07, 6.45) is 1.86. The molecule has 6 nitrogen and oxygen atoms in total. The lowest BCUT2D eigenvalue weighted by atomic mass is 10.1. The number of nitrogens with zero attached hydrogens (tertiary/aromatic N) is 4. The van der Waals surface area contributed by atoms with Crippen molar-refractivity contribution in [2.45, 2.75) is 33.6 Å². The van der Waals surface area contributed by atoms with E-state index in [9.17, 15) is 0 Å². The van der Waals surface area contributed by atoms with Gasteiger partial charge >= 0.3 is 0 Å². The molecule has 0 aliphatic carbocycles. The maximum atomic E-state index is 5.31. The maximum absolute atomic E-state index is 5.31. The van der Waals surface area contributed by atoms with Gasteiger partial charge in [-0.25, -0.2) is 0 Å². The molecule has 0 N–H and O–H groups in total. The van der Waals surface area contributed by atoms with Crippen molar-refractivity contribution in [2.75, 3.05) is 31.2 Å². The highest BCUT2D eigenvalue weighted by molar-refractivity contribution is 5.49. The lowest BCUT2D eigenvalue weighted by Crippen LogP contribution is -2.36. The van der Waals surface area contributed by atoms with Crippen LogP contribution in [0, 0.1) is 0 Å². The Hall–Kier alpha value is -1.95. The average molecular weight is 304 g/mol. The van der Waals surface area contributed by atoms with Crippen LogP contribution in [0.2, 0.25) is 0 Å². The number of hydrogen-bond acceptors (Lipinski definition) is 6. The number of anilines is 1. The number of ether oxygens (including phenoxy) is 1. The molecule has 1 aliphatic rings. The van der Waals surface area contributed by atoms with Gasteiger partial charge in [-0.05, 0) is 22.7 Å². The Kier molecular flexibility index (Phi) is 5.89. The summed E-state index contributed by atoms with van der Waals surface area (Å²) in [5.41, 5.74) is 1.91. The molecule has 3 heterocycles. The van der Waals surface area contributed by atoms with Gasteiger partial charge in [-0.2, -0.15) is 4.98 Å². The number of pyridine rings is 1. The van der Waals surface area contributed by atoms with Crippen molar-refractivity contribution >= 4 is 5.95 Å². The van der Waals surface area contributed by atoms with E-state index < -0.39 is 0 Å². The number of aromatic nitrogens is 3. The van der Waals surface area contributed by atoms with Gasteiger partial charge in [0.2, 0.25) is 0 Å². The lowest BCUT2D eigenvalue weighted by molar-refractivity contribution is 0.121. The largest absolute Gasteiger partial charge is 0.378 e. The molecule has 1 fully saturated rings. The van der Waals surface area contributed by atoms with E-state index in [4.69, 9.17) is 9.26 Å². The van der Waals surface area contributed by atoms with Crippen molar-refractivity contribution in [3.8, 4) is 11.6 Å². The summed E-state index contributed by atoms with van der Waals surface area (Å²) >= 11 is 0. The van der Waals surface area contributed by atoms with E-state index in [0.29, 0.717) is 36.7 Å². The Morgan fingerprint density at radius 3 is 2.45 bits per heavy atom. The molecule has 0 atom stereocenters. The van der Waals surface area contributed by atoms with Crippen LogP contribution in [0.1, 0.15) is 39.2 Å². The molecule has 2 aromatic rings. The monoisotopic (exact) mass is 304 g/mol. The third-order valence-electron chi connectivity index (χ3n) is 3.38. The fourth-order valence-corrected chi connectivity index (χ4v) is 2.08. The fraction of sp³-hybridized carbons (Fsp3) is 0.562. The predicted octanol–water partition coefficient (Wildman–Crippen LogP) is 3.12. The summed E-state index contributed by atoms with van der Waals surface area (Å²) < 4.78 is 10.6. The molecule has 0 spiro atoms. The summed E-state index contributed by atoms with van der Waals surface area (Å²) in [6.45, 7) is 11.3. The summed E-state index contributed by atoms with van der Waals surface area (Å²) in [5, 5.41) is 4.02. The van der Waals surface area contributed by atoms with E-state index in [-0.39, 0.29) is 0 Å². The molecule has 0 saturated carbocycles. The van der Waals surface area contributed by atoms with E-state index in [1.54, 1.807) is 0 Å². The quantitative estimate of drug-likeness (QED) is 0.868. The Bertz CT molecular complexity index is 560. The minimum atomic E-state index is 0.460. The molecule has 0 amide bonds. The third kappa shape index (κ3) is 3.82. The van der Waals surface area contributed by atoms with Crippen LogP contribution in [-0.4, -0.2) is 41.4 Å². The van der Waals surface area contributed by atoms with Gasteiger partial charge in [-0.15, -0.1) is 0 Å². The highest BCUT2D eigenvalue weighted by Crippen LogP contribution is 2.21. The zero-order chi connectivity index (χ0) is 15.9. The molecule has 1 saturated heterocycles. The minimum absolute atomic E-state index is 0.460. The summed E-state index contributed by atoms with van der Waals surface area (Å²) in [5.74, 6) is 1.53. The van der Waals surface area contributed by atoms with Gasteiger partial charge in [0.15, 0.2) is 0 Å². The van der Waals surface area contributed by atoms with E-state index in [2.05, 4.69) is 33.9 Å². The Morgan fingerprint density at radius 2 is 1.86 bits per heavy atom. The lowest BCUT2D eigenvalue weighted by Gasteiger charge is -2.24. The van der Waals surface area contributed by atoms with Crippen LogP contribution < -0.4 is 4.90 Å². The van der Waals surface area contributed by atoms with E-state index in [1.165, 1.54) is 5.56 Å². The van der Waals surface area contributed by atoms with Crippen LogP contribution in [0.25, 0.3) is 11.6 Å². The number of hydrogen-bond donors (Lipinski definition) is 0. The number of rotatable bonds is 3. The molecule has 3 rings (SSSR count). The van der Waals surface area contributed by atoms with Crippen LogP contribution in [0.5, 0.6) is 0 Å². The smallest absolute Gasteiger partial charge is 0.278 e. The molecule has 0 unspecified atom stereocenters. The normalized spacial score (nSPS) is 14.7. The Morgan fingerprint density at radius 1 is 1.14 bits per heavy atom. The molecule has 2 aromatic heterocycles. The van der Waals surface area contributed by atoms with Crippen LogP contribution in [-0.2, 0) is 4.74 Å². The Labute approximate surface area is 131 Å². The second-order valence-electron chi connectivity index (χ2n) is 5.13. The fourth-order valence-electron chi connectivity index (χ4n) is 2.08. The SMILES string of the molecule is CC.CC(C)c1ccc(-c2nc(N3CCOCC3)no2)nc1. The van der Waals surface area contributed by atoms with Gasteiger partial charge < -0.3 is 14.2 Å². The van der Waals surface area contributed by atoms with Crippen molar-refractivity contribution in [1.82, 2.24) is 15.1 Å². The van der Waals surface area contributed by atoms with Crippen molar-refractivity contribution in [3.63, 3.8) is 0 Å². The summed E-state index contributed by atoms with van der Waals surface area (Å²) in [4.78, 5) is 10.9. The highest BCUT2D eigenvalue weighted by Gasteiger charge is 2.18. The van der Waals surface area contributed by atoms with Crippen LogP contribution in [0.3, 0.4) is 0 Å². The Balaban J connectivity index is 0.000000847. The standard InChI is InChI=1S/C14H18N4O2.C2H6/c1-10(2)11-3-4-12(15-9-11)13-16-14(17-20-13)18-5-7-19-8-6-18;1-2/h3-4,9-10H,5-8H2,1-2H3;1-2H3. The molecule has 0 bridgehead atoms. The molecular weight excluding hydrogens is 280 g/mol. The highest BCUT2D eigenvalue weighted by atomic mass is 16.5. The average Bonchev–Trinajstić information content (AvgIpc) is 3.08. The first-order valence-corrected chi connectivity index (χ1v) is 7.87. The summed E-state index contributed by atoms with van der Waals surface area (Å²) in [7, 11) is 0. The first-order valence-electron chi connectivity index (χ1n) is 7.87. The summed E-state index contributed by atoms with van der Waals surface area (Å²) in [6, 6.07) is 3.97. The van der Waals surface area contributed by atoms with E-state index >= 15 is 0 Å². The van der Waals surface area contributed by atoms with Crippen LogP contribution in [0.15, 0.2) is 22.9 Å². The molecule has 22 heavy (non-hydrogen) atoms. The maximum Gasteiger partial charge on any atom is 0.278 e. The third-order valence-corrected chi connectivity index (χ3v) is 3.38. The van der Waals surface area contributed by atoms with E-state index in [0.717, 1.165) is 13.1 Å². The van der Waals surface area contributed by atoms with Crippen molar-refractivity contribution in [3.05, 3.63) is 23.9 Å². The van der Waals surface area contributed by atoms with Gasteiger partial charge in [0.05, 0.1) is 13.2 Å². The van der Waals surface area contributed by atoms with Gasteiger partial charge in [0, 0.05) is 19.3 Å². The van der Waals surface area contributed by atoms with Crippen molar-refractivity contribution in [1.29, 1.82) is 0 Å². The molecule has 0 aromatic carbocycles. The first-order chi connectivity index (χ1) is 10.7. The predicted molar refractivity (Wildman–Crippen MR) is 86.0 cm³/mol. The van der Waals surface area contributed by atoms with Gasteiger partial charge in [0.25, 0.3) is 11.8 Å². The molecule has 6 heteroatoms. The number of morpholine rings is 1.